The fraction of sp³-hybridized carbons (Fsp3) is 1.00. The van der Waals surface area contributed by atoms with E-state index in [2.05, 4.69) is 0 Å². The fourth-order valence-corrected chi connectivity index (χ4v) is 1.92. The first-order valence-electron chi connectivity index (χ1n) is 4.88. The first kappa shape index (κ1) is 11.2. The topological polar surface area (TPSA) is 68.2 Å². The molecule has 2 heterocycles. The first-order valence-corrected chi connectivity index (χ1v) is 4.88. The summed E-state index contributed by atoms with van der Waals surface area (Å²) < 4.78 is 28.1. The van der Waals surface area contributed by atoms with Crippen molar-refractivity contribution in [2.45, 2.75) is 50.3 Å². The number of hydrogen-bond acceptors (Lipinski definition) is 5. The second-order valence-corrected chi connectivity index (χ2v) is 4.28. The lowest BCUT2D eigenvalue weighted by Crippen LogP contribution is -2.41. The third kappa shape index (κ3) is 1.88. The molecule has 2 saturated heterocycles. The second-order valence-electron chi connectivity index (χ2n) is 4.28. The summed E-state index contributed by atoms with van der Waals surface area (Å²) in [6, 6.07) is 0. The van der Waals surface area contributed by atoms with Crippen LogP contribution < -0.4 is 0 Å². The van der Waals surface area contributed by atoms with Gasteiger partial charge in [0, 0.05) is 0 Å². The average molecular weight is 222 g/mol. The SMILES string of the molecule is CC1(C)OC2OC(C(O)CF)C(O)C2O1. The van der Waals surface area contributed by atoms with Gasteiger partial charge in [0.15, 0.2) is 12.1 Å². The molecular formula is C9H15FO5. The zero-order chi connectivity index (χ0) is 11.2. The summed E-state index contributed by atoms with van der Waals surface area (Å²) in [5, 5.41) is 19.0. The third-order valence-electron chi connectivity index (χ3n) is 2.59. The number of ether oxygens (including phenoxy) is 3. The van der Waals surface area contributed by atoms with Gasteiger partial charge in [-0.05, 0) is 13.8 Å². The average Bonchev–Trinajstić information content (AvgIpc) is 2.60. The number of fused-ring (bicyclic) bond motifs is 1. The largest absolute Gasteiger partial charge is 0.388 e. The van der Waals surface area contributed by atoms with Gasteiger partial charge in [-0.25, -0.2) is 4.39 Å². The predicted octanol–water partition coefficient (Wildman–Crippen LogP) is -0.446. The van der Waals surface area contributed by atoms with Crippen molar-refractivity contribution in [2.24, 2.45) is 0 Å². The Morgan fingerprint density at radius 3 is 2.60 bits per heavy atom. The number of halogens is 1. The molecule has 0 aromatic rings. The predicted molar refractivity (Wildman–Crippen MR) is 46.7 cm³/mol. The van der Waals surface area contributed by atoms with E-state index in [9.17, 15) is 14.6 Å². The maximum Gasteiger partial charge on any atom is 0.190 e. The van der Waals surface area contributed by atoms with Crippen LogP contribution in [0.4, 0.5) is 4.39 Å². The van der Waals surface area contributed by atoms with E-state index in [0.29, 0.717) is 0 Å². The normalized spacial score (nSPS) is 45.4. The van der Waals surface area contributed by atoms with Crippen molar-refractivity contribution in [3.05, 3.63) is 0 Å². The molecule has 2 N–H and O–H groups in total. The molecule has 0 aliphatic carbocycles. The molecule has 5 nitrogen and oxygen atoms in total. The van der Waals surface area contributed by atoms with Crippen LogP contribution in [0.3, 0.4) is 0 Å². The molecule has 2 fully saturated rings. The van der Waals surface area contributed by atoms with Gasteiger partial charge >= 0.3 is 0 Å². The van der Waals surface area contributed by atoms with E-state index in [4.69, 9.17) is 14.2 Å². The minimum atomic E-state index is -1.35. The molecule has 0 aromatic carbocycles. The highest BCUT2D eigenvalue weighted by Gasteiger charge is 2.55. The Morgan fingerprint density at radius 2 is 2.07 bits per heavy atom. The minimum absolute atomic E-state index is 0.661. The van der Waals surface area contributed by atoms with Crippen LogP contribution in [0.25, 0.3) is 0 Å². The molecular weight excluding hydrogens is 207 g/mol. The third-order valence-corrected chi connectivity index (χ3v) is 2.59. The molecule has 88 valence electrons. The van der Waals surface area contributed by atoms with Crippen molar-refractivity contribution in [2.75, 3.05) is 6.67 Å². The summed E-state index contributed by atoms with van der Waals surface area (Å²) in [5.41, 5.74) is 0. The van der Waals surface area contributed by atoms with Gasteiger partial charge < -0.3 is 24.4 Å². The molecule has 2 aliphatic heterocycles. The Bertz CT molecular complexity index is 247. The molecule has 5 unspecified atom stereocenters. The molecule has 0 amide bonds. The Morgan fingerprint density at radius 1 is 1.40 bits per heavy atom. The molecule has 0 bridgehead atoms. The maximum atomic E-state index is 12.2. The van der Waals surface area contributed by atoms with Crippen molar-refractivity contribution in [1.82, 2.24) is 0 Å². The van der Waals surface area contributed by atoms with E-state index in [1.807, 2.05) is 0 Å². The molecule has 0 aromatic heterocycles. The number of aliphatic hydroxyl groups is 2. The van der Waals surface area contributed by atoms with Crippen molar-refractivity contribution in [3.63, 3.8) is 0 Å². The quantitative estimate of drug-likeness (QED) is 0.662. The Labute approximate surface area is 86.7 Å². The monoisotopic (exact) mass is 222 g/mol. The second kappa shape index (κ2) is 3.64. The molecule has 15 heavy (non-hydrogen) atoms. The van der Waals surface area contributed by atoms with Gasteiger partial charge in [0.05, 0.1) is 0 Å². The number of rotatable bonds is 2. The van der Waals surface area contributed by atoms with Crippen LogP contribution in [0, 0.1) is 0 Å². The molecule has 2 rings (SSSR count). The van der Waals surface area contributed by atoms with Gasteiger partial charge in [0.2, 0.25) is 0 Å². The van der Waals surface area contributed by atoms with E-state index in [-0.39, 0.29) is 0 Å². The summed E-state index contributed by atoms with van der Waals surface area (Å²) in [5.74, 6) is -0.818. The van der Waals surface area contributed by atoms with Gasteiger partial charge in [-0.15, -0.1) is 0 Å². The van der Waals surface area contributed by atoms with Gasteiger partial charge in [0.1, 0.15) is 31.1 Å². The number of hydrogen-bond donors (Lipinski definition) is 2. The molecule has 5 atom stereocenters. The highest BCUT2D eigenvalue weighted by atomic mass is 19.1. The van der Waals surface area contributed by atoms with Crippen LogP contribution in [-0.4, -0.2) is 53.4 Å². The summed E-state index contributed by atoms with van der Waals surface area (Å²) in [6.07, 6.45) is -4.79. The summed E-state index contributed by atoms with van der Waals surface area (Å²) in [7, 11) is 0. The van der Waals surface area contributed by atoms with E-state index in [1.54, 1.807) is 13.8 Å². The molecule has 0 spiro atoms. The Kier molecular flexibility index (Phi) is 2.72. The van der Waals surface area contributed by atoms with Gasteiger partial charge in [-0.3, -0.25) is 0 Å². The first-order chi connectivity index (χ1) is 6.94. The lowest BCUT2D eigenvalue weighted by molar-refractivity contribution is -0.226. The molecule has 0 saturated carbocycles. The van der Waals surface area contributed by atoms with E-state index in [1.165, 1.54) is 0 Å². The lowest BCUT2D eigenvalue weighted by atomic mass is 10.1. The van der Waals surface area contributed by atoms with Crippen LogP contribution in [0.5, 0.6) is 0 Å². The van der Waals surface area contributed by atoms with Crippen molar-refractivity contribution in [1.29, 1.82) is 0 Å². The van der Waals surface area contributed by atoms with Gasteiger partial charge in [0.25, 0.3) is 0 Å². The highest BCUT2D eigenvalue weighted by molar-refractivity contribution is 4.95. The summed E-state index contributed by atoms with van der Waals surface area (Å²) in [4.78, 5) is 0. The zero-order valence-electron chi connectivity index (χ0n) is 8.59. The van der Waals surface area contributed by atoms with Crippen molar-refractivity contribution >= 4 is 0 Å². The smallest absolute Gasteiger partial charge is 0.190 e. The van der Waals surface area contributed by atoms with E-state index >= 15 is 0 Å². The van der Waals surface area contributed by atoms with Crippen molar-refractivity contribution < 1.29 is 28.8 Å². The van der Waals surface area contributed by atoms with Gasteiger partial charge in [-0.2, -0.15) is 0 Å². The lowest BCUT2D eigenvalue weighted by Gasteiger charge is -2.24. The van der Waals surface area contributed by atoms with Crippen LogP contribution >= 0.6 is 0 Å². The van der Waals surface area contributed by atoms with E-state index < -0.39 is 43.2 Å². The van der Waals surface area contributed by atoms with E-state index in [0.717, 1.165) is 0 Å². The highest BCUT2D eigenvalue weighted by Crippen LogP contribution is 2.38. The molecule has 0 radical (unpaired) electrons. The fourth-order valence-electron chi connectivity index (χ4n) is 1.92. The zero-order valence-corrected chi connectivity index (χ0v) is 8.59. The van der Waals surface area contributed by atoms with Crippen LogP contribution in [0.1, 0.15) is 13.8 Å². The minimum Gasteiger partial charge on any atom is -0.388 e. The van der Waals surface area contributed by atoms with Crippen LogP contribution in [0.2, 0.25) is 0 Å². The van der Waals surface area contributed by atoms with Crippen LogP contribution in [0.15, 0.2) is 0 Å². The summed E-state index contributed by atoms with van der Waals surface area (Å²) >= 11 is 0. The maximum absolute atomic E-state index is 12.2. The standard InChI is InChI=1S/C9H15FO5/c1-9(2)14-7-5(12)6(4(11)3-10)13-8(7)15-9/h4-8,11-12H,3H2,1-2H3. The molecule has 2 aliphatic rings. The number of alkyl halides is 1. The Hall–Kier alpha value is -0.270. The van der Waals surface area contributed by atoms with Gasteiger partial charge in [-0.1, -0.05) is 0 Å². The van der Waals surface area contributed by atoms with Crippen LogP contribution in [-0.2, 0) is 14.2 Å². The molecule has 6 heteroatoms. The summed E-state index contributed by atoms with van der Waals surface area (Å²) in [6.45, 7) is 2.43. The van der Waals surface area contributed by atoms with Crippen molar-refractivity contribution in [3.8, 4) is 0 Å². The Balaban J connectivity index is 2.05. The number of aliphatic hydroxyl groups excluding tert-OH is 2.